The second-order valence-corrected chi connectivity index (χ2v) is 16.2. The van der Waals surface area contributed by atoms with Crippen LogP contribution in [0, 0.1) is 11.8 Å². The Hall–Kier alpha value is -2.67. The first-order chi connectivity index (χ1) is 23.0. The molecule has 0 radical (unpaired) electrons. The standard InChI is InChI=1S/C36H47ClN2O8S/c1-45-33(34(48(38,43)44)19-27-6-4-16-46-27)8-2-7-31(40)28-12-9-25(28)20-39-21-36(15-3-5-23-17-26(37)11-13-29(23)36)22-47-32-14-10-24(35(41)42)18-30(32)39/h2,7,10-11,13-14,17-18,25,27-28,31,33-34,40H,3-6,8-9,12,15-16,19-22H2,1H3,(H,41,42)(H2,38,43,44)/b7-2+/t25-,27+,28+,31-,33-,34-,36-/m0/s1. The lowest BCUT2D eigenvalue weighted by molar-refractivity contribution is 0.0447. The van der Waals surface area contributed by atoms with E-state index in [2.05, 4.69) is 17.0 Å². The van der Waals surface area contributed by atoms with Crippen LogP contribution in [0.1, 0.15) is 72.9 Å². The summed E-state index contributed by atoms with van der Waals surface area (Å²) in [4.78, 5) is 14.3. The fourth-order valence-corrected chi connectivity index (χ4v) is 9.61. The first-order valence-corrected chi connectivity index (χ1v) is 19.0. The fraction of sp³-hybridized carbons (Fsp3) is 0.583. The Morgan fingerprint density at radius 1 is 1.21 bits per heavy atom. The Bertz CT molecular complexity index is 1610. The average molecular weight is 703 g/mol. The van der Waals surface area contributed by atoms with Crippen LogP contribution in [-0.2, 0) is 31.3 Å². The van der Waals surface area contributed by atoms with Gasteiger partial charge in [-0.3, -0.25) is 0 Å². The predicted octanol–water partition coefficient (Wildman–Crippen LogP) is 5.09. The van der Waals surface area contributed by atoms with E-state index < -0.39 is 33.5 Å². The van der Waals surface area contributed by atoms with Gasteiger partial charge in [-0.25, -0.2) is 18.4 Å². The molecule has 1 saturated carbocycles. The number of carboxylic acid groups (broad SMARTS) is 1. The number of rotatable bonds is 12. The van der Waals surface area contributed by atoms with Crippen LogP contribution in [0.15, 0.2) is 48.6 Å². The van der Waals surface area contributed by atoms with Crippen molar-refractivity contribution in [1.29, 1.82) is 0 Å². The molecule has 1 saturated heterocycles. The topological polar surface area (TPSA) is 149 Å². The van der Waals surface area contributed by atoms with Gasteiger partial charge in [-0.05, 0) is 111 Å². The molecule has 262 valence electrons. The van der Waals surface area contributed by atoms with Crippen LogP contribution >= 0.6 is 11.6 Å². The van der Waals surface area contributed by atoms with Gasteiger partial charge in [0.25, 0.3) is 0 Å². The van der Waals surface area contributed by atoms with Gasteiger partial charge in [0.2, 0.25) is 10.0 Å². The molecule has 2 aliphatic carbocycles. The molecule has 10 nitrogen and oxygen atoms in total. The molecule has 4 aliphatic rings. The third-order valence-corrected chi connectivity index (χ3v) is 12.6. The number of anilines is 1. The van der Waals surface area contributed by atoms with E-state index in [1.165, 1.54) is 18.2 Å². The van der Waals surface area contributed by atoms with Crippen LogP contribution in [0.25, 0.3) is 0 Å². The number of hydrogen-bond acceptors (Lipinski definition) is 8. The SMILES string of the molecule is CO[C@@H](C/C=C/[C@H](O)[C@@H]1CC[C@H]1CN1C[C@@]2(CCCc3cc(Cl)ccc32)COc2ccc(C(=O)O)cc21)[C@H](C[C@H]1CCCO1)S(N)(=O)=O. The van der Waals surface area contributed by atoms with Crippen LogP contribution in [0.2, 0.25) is 5.02 Å². The quantitative estimate of drug-likeness (QED) is 0.257. The predicted molar refractivity (Wildman–Crippen MR) is 184 cm³/mol. The van der Waals surface area contributed by atoms with E-state index in [1.54, 1.807) is 30.4 Å². The highest BCUT2D eigenvalue weighted by atomic mass is 35.5. The van der Waals surface area contributed by atoms with Crippen molar-refractivity contribution in [1.82, 2.24) is 0 Å². The molecule has 4 N–H and O–H groups in total. The monoisotopic (exact) mass is 702 g/mol. The van der Waals surface area contributed by atoms with Gasteiger partial charge >= 0.3 is 5.97 Å². The van der Waals surface area contributed by atoms with Gasteiger partial charge in [0.05, 0.1) is 36.2 Å². The van der Waals surface area contributed by atoms with Gasteiger partial charge in [-0.15, -0.1) is 0 Å². The van der Waals surface area contributed by atoms with Crippen LogP contribution in [0.4, 0.5) is 5.69 Å². The molecule has 2 heterocycles. The van der Waals surface area contributed by atoms with E-state index in [9.17, 15) is 23.4 Å². The van der Waals surface area contributed by atoms with E-state index in [0.717, 1.165) is 50.6 Å². The van der Waals surface area contributed by atoms with Crippen molar-refractivity contribution >= 4 is 33.3 Å². The zero-order chi connectivity index (χ0) is 34.1. The molecule has 48 heavy (non-hydrogen) atoms. The van der Waals surface area contributed by atoms with Crippen LogP contribution in [-0.4, -0.2) is 81.6 Å². The molecule has 0 amide bonds. The summed E-state index contributed by atoms with van der Waals surface area (Å²) in [5, 5.41) is 26.6. The van der Waals surface area contributed by atoms with Crippen molar-refractivity contribution in [3.8, 4) is 5.75 Å². The highest BCUT2D eigenvalue weighted by Gasteiger charge is 2.44. The smallest absolute Gasteiger partial charge is 0.335 e. The molecule has 2 aromatic rings. The maximum Gasteiger partial charge on any atom is 0.335 e. The number of nitrogens with zero attached hydrogens (tertiary/aromatic N) is 1. The molecule has 6 rings (SSSR count). The molecular formula is C36H47ClN2O8S. The molecule has 7 atom stereocenters. The van der Waals surface area contributed by atoms with Crippen LogP contribution < -0.4 is 14.8 Å². The number of hydrogen-bond donors (Lipinski definition) is 3. The molecule has 0 unspecified atom stereocenters. The van der Waals surface area contributed by atoms with Crippen molar-refractivity contribution in [3.05, 3.63) is 70.3 Å². The largest absolute Gasteiger partial charge is 0.490 e. The Kier molecular flexibility index (Phi) is 10.7. The minimum absolute atomic E-state index is 0.00755. The minimum atomic E-state index is -3.88. The average Bonchev–Trinajstić information content (AvgIpc) is 3.50. The summed E-state index contributed by atoms with van der Waals surface area (Å²) in [5.41, 5.74) is 3.12. The van der Waals surface area contributed by atoms with Gasteiger partial charge in [-0.1, -0.05) is 29.8 Å². The number of ether oxygens (including phenoxy) is 3. The molecule has 2 aliphatic heterocycles. The number of carboxylic acids is 1. The Morgan fingerprint density at radius 3 is 2.73 bits per heavy atom. The zero-order valence-corrected chi connectivity index (χ0v) is 29.0. The number of halogens is 1. The second-order valence-electron chi connectivity index (χ2n) is 14.0. The first-order valence-electron chi connectivity index (χ1n) is 17.0. The number of aliphatic hydroxyl groups excluding tert-OH is 1. The van der Waals surface area contributed by atoms with Gasteiger partial charge in [0.1, 0.15) is 11.0 Å². The third-order valence-electron chi connectivity index (χ3n) is 11.0. The fourth-order valence-electron chi connectivity index (χ4n) is 8.28. The number of aliphatic hydroxyl groups is 1. The Morgan fingerprint density at radius 2 is 2.04 bits per heavy atom. The zero-order valence-electron chi connectivity index (χ0n) is 27.4. The van der Waals surface area contributed by atoms with Gasteiger partial charge < -0.3 is 29.3 Å². The highest BCUT2D eigenvalue weighted by molar-refractivity contribution is 7.89. The number of nitrogens with two attached hydrogens (primary N) is 1. The number of aryl methyl sites for hydroxylation is 1. The van der Waals surface area contributed by atoms with Gasteiger partial charge in [0, 0.05) is 37.2 Å². The van der Waals surface area contributed by atoms with Crippen molar-refractivity contribution in [3.63, 3.8) is 0 Å². The summed E-state index contributed by atoms with van der Waals surface area (Å²) in [6.07, 6.45) is 8.93. The van der Waals surface area contributed by atoms with Crippen molar-refractivity contribution < 1.29 is 37.6 Å². The number of carbonyl (C=O) groups is 1. The van der Waals surface area contributed by atoms with E-state index in [0.29, 0.717) is 43.5 Å². The summed E-state index contributed by atoms with van der Waals surface area (Å²) >= 11 is 6.39. The van der Waals surface area contributed by atoms with Crippen molar-refractivity contribution in [2.24, 2.45) is 17.0 Å². The summed E-state index contributed by atoms with van der Waals surface area (Å²) in [5.74, 6) is -0.185. The lowest BCUT2D eigenvalue weighted by Gasteiger charge is -2.45. The summed E-state index contributed by atoms with van der Waals surface area (Å²) in [6, 6.07) is 11.1. The third kappa shape index (κ3) is 7.56. The van der Waals surface area contributed by atoms with Gasteiger partial charge in [0.15, 0.2) is 0 Å². The summed E-state index contributed by atoms with van der Waals surface area (Å²) in [6.45, 7) is 2.38. The number of sulfonamides is 1. The lowest BCUT2D eigenvalue weighted by Crippen LogP contribution is -2.49. The first kappa shape index (κ1) is 35.2. The molecule has 1 spiro atoms. The number of methoxy groups -OCH3 is 1. The maximum absolute atomic E-state index is 12.5. The molecule has 12 heteroatoms. The Labute approximate surface area is 288 Å². The van der Waals surface area contributed by atoms with E-state index in [-0.39, 0.29) is 35.3 Å². The summed E-state index contributed by atoms with van der Waals surface area (Å²) in [7, 11) is -2.40. The number of benzene rings is 2. The molecular weight excluding hydrogens is 656 g/mol. The lowest BCUT2D eigenvalue weighted by atomic mass is 9.68. The number of fused-ring (bicyclic) bond motifs is 3. The van der Waals surface area contributed by atoms with Gasteiger partial charge in [-0.2, -0.15) is 0 Å². The van der Waals surface area contributed by atoms with E-state index >= 15 is 0 Å². The second kappa shape index (κ2) is 14.7. The normalized spacial score (nSPS) is 27.4. The molecule has 2 aromatic carbocycles. The van der Waals surface area contributed by atoms with Crippen molar-refractivity contribution in [2.45, 2.75) is 86.8 Å². The Balaban J connectivity index is 1.19. The van der Waals surface area contributed by atoms with Crippen LogP contribution in [0.3, 0.4) is 0 Å². The highest BCUT2D eigenvalue weighted by Crippen LogP contribution is 2.46. The summed E-state index contributed by atoms with van der Waals surface area (Å²) < 4.78 is 42.7. The number of aromatic carboxylic acids is 1. The van der Waals surface area contributed by atoms with E-state index in [1.807, 2.05) is 6.07 Å². The van der Waals surface area contributed by atoms with E-state index in [4.69, 9.17) is 31.0 Å². The molecule has 0 aromatic heterocycles. The molecule has 2 fully saturated rings. The number of primary sulfonamides is 1. The van der Waals surface area contributed by atoms with Crippen molar-refractivity contribution in [2.75, 3.05) is 38.3 Å². The minimum Gasteiger partial charge on any atom is -0.490 e. The molecule has 0 bridgehead atoms. The van der Waals surface area contributed by atoms with Crippen LogP contribution in [0.5, 0.6) is 5.75 Å². The maximum atomic E-state index is 12.5.